The molecule has 1 saturated heterocycles. The number of ether oxygens (including phenoxy) is 2. The molecule has 5 nitrogen and oxygen atoms in total. The van der Waals surface area contributed by atoms with Crippen molar-refractivity contribution in [1.29, 1.82) is 0 Å². The zero-order valence-electron chi connectivity index (χ0n) is 13.5. The Kier molecular flexibility index (Phi) is 4.35. The van der Waals surface area contributed by atoms with Crippen LogP contribution in [0.4, 0.5) is 0 Å². The number of nitrogens with zero attached hydrogens (tertiary/aromatic N) is 1. The van der Waals surface area contributed by atoms with Crippen LogP contribution in [0.3, 0.4) is 0 Å². The molecule has 0 amide bonds. The largest absolute Gasteiger partial charge is 0.454 e. The summed E-state index contributed by atoms with van der Waals surface area (Å²) in [7, 11) is -3.34. The molecule has 2 aromatic rings. The van der Waals surface area contributed by atoms with Crippen molar-refractivity contribution in [3.63, 3.8) is 0 Å². The summed E-state index contributed by atoms with van der Waals surface area (Å²) in [4.78, 5) is 0. The van der Waals surface area contributed by atoms with Gasteiger partial charge in [-0.2, -0.15) is 0 Å². The number of benzene rings is 2. The molecule has 1 atom stereocenters. The van der Waals surface area contributed by atoms with Crippen molar-refractivity contribution < 1.29 is 17.9 Å². The maximum atomic E-state index is 12.7. The maximum Gasteiger partial charge on any atom is 0.231 e. The first kappa shape index (κ1) is 16.7. The van der Waals surface area contributed by atoms with Gasteiger partial charge in [0.15, 0.2) is 11.5 Å². The van der Waals surface area contributed by atoms with Gasteiger partial charge in [0, 0.05) is 18.1 Å². The lowest BCUT2D eigenvalue weighted by Gasteiger charge is -2.17. The summed E-state index contributed by atoms with van der Waals surface area (Å²) in [5, 5.41) is 0.602. The van der Waals surface area contributed by atoms with Crippen LogP contribution in [0.2, 0.25) is 5.02 Å². The van der Waals surface area contributed by atoms with Crippen molar-refractivity contribution in [1.82, 2.24) is 4.31 Å². The topological polar surface area (TPSA) is 55.8 Å². The second-order valence-corrected chi connectivity index (χ2v) is 8.74. The summed E-state index contributed by atoms with van der Waals surface area (Å²) in [6.45, 7) is 1.27. The number of fused-ring (bicyclic) bond motifs is 1. The predicted molar refractivity (Wildman–Crippen MR) is 95.6 cm³/mol. The van der Waals surface area contributed by atoms with Crippen molar-refractivity contribution in [2.75, 3.05) is 19.9 Å². The lowest BCUT2D eigenvalue weighted by atomic mass is 9.98. The zero-order chi connectivity index (χ0) is 17.4. The van der Waals surface area contributed by atoms with Crippen LogP contribution in [0.15, 0.2) is 42.5 Å². The molecule has 2 aromatic carbocycles. The first-order valence-corrected chi connectivity index (χ1v) is 10.1. The molecule has 1 unspecified atom stereocenters. The molecule has 0 spiro atoms. The Bertz CT molecular complexity index is 882. The predicted octanol–water partition coefficient (Wildman–Crippen LogP) is 3.39. The van der Waals surface area contributed by atoms with E-state index in [0.717, 1.165) is 29.0 Å². The van der Waals surface area contributed by atoms with Gasteiger partial charge in [0.1, 0.15) is 0 Å². The van der Waals surface area contributed by atoms with E-state index in [9.17, 15) is 8.42 Å². The molecule has 0 radical (unpaired) electrons. The summed E-state index contributed by atoms with van der Waals surface area (Å²) in [5.74, 6) is 1.65. The van der Waals surface area contributed by atoms with Crippen molar-refractivity contribution in [3.8, 4) is 11.5 Å². The quantitative estimate of drug-likeness (QED) is 0.817. The fourth-order valence-corrected chi connectivity index (χ4v) is 5.02. The van der Waals surface area contributed by atoms with E-state index >= 15 is 0 Å². The second-order valence-electron chi connectivity index (χ2n) is 6.34. The van der Waals surface area contributed by atoms with Crippen LogP contribution in [0.25, 0.3) is 0 Å². The Labute approximate surface area is 152 Å². The van der Waals surface area contributed by atoms with E-state index in [-0.39, 0.29) is 18.5 Å². The first-order chi connectivity index (χ1) is 12.0. The molecule has 4 rings (SSSR count). The van der Waals surface area contributed by atoms with Crippen LogP contribution < -0.4 is 9.47 Å². The molecule has 2 heterocycles. The molecule has 0 N–H and O–H groups in total. The van der Waals surface area contributed by atoms with E-state index in [1.54, 1.807) is 28.6 Å². The van der Waals surface area contributed by atoms with Crippen molar-refractivity contribution >= 4 is 21.6 Å². The molecular weight excluding hydrogens is 362 g/mol. The van der Waals surface area contributed by atoms with E-state index < -0.39 is 10.0 Å². The molecule has 0 aliphatic carbocycles. The first-order valence-electron chi connectivity index (χ1n) is 8.13. The maximum absolute atomic E-state index is 12.7. The van der Waals surface area contributed by atoms with Gasteiger partial charge >= 0.3 is 0 Å². The number of rotatable bonds is 4. The third-order valence-corrected chi connectivity index (χ3v) is 6.74. The highest BCUT2D eigenvalue weighted by atomic mass is 35.5. The second kappa shape index (κ2) is 6.52. The van der Waals surface area contributed by atoms with Crippen molar-refractivity contribution in [3.05, 3.63) is 58.6 Å². The zero-order valence-corrected chi connectivity index (χ0v) is 15.1. The van der Waals surface area contributed by atoms with E-state index in [2.05, 4.69) is 0 Å². The number of hydrogen-bond donors (Lipinski definition) is 0. The molecule has 7 heteroatoms. The van der Waals surface area contributed by atoms with Gasteiger partial charge in [-0.05, 0) is 47.7 Å². The molecule has 1 fully saturated rings. The SMILES string of the molecule is O=S(=O)(Cc1ccc(Cl)cc1)N1CCC(c2ccc3c(c2)OCO3)C1. The van der Waals surface area contributed by atoms with Gasteiger partial charge in [-0.15, -0.1) is 0 Å². The molecule has 0 aromatic heterocycles. The Hall–Kier alpha value is -1.76. The molecule has 2 aliphatic heterocycles. The van der Waals surface area contributed by atoms with Gasteiger partial charge in [-0.1, -0.05) is 29.8 Å². The molecule has 132 valence electrons. The van der Waals surface area contributed by atoms with Gasteiger partial charge < -0.3 is 9.47 Å². The molecule has 0 saturated carbocycles. The summed E-state index contributed by atoms with van der Waals surface area (Å²) >= 11 is 5.86. The number of hydrogen-bond acceptors (Lipinski definition) is 4. The van der Waals surface area contributed by atoms with Crippen molar-refractivity contribution in [2.45, 2.75) is 18.1 Å². The highest BCUT2D eigenvalue weighted by Crippen LogP contribution is 2.37. The van der Waals surface area contributed by atoms with Crippen LogP contribution in [-0.2, 0) is 15.8 Å². The smallest absolute Gasteiger partial charge is 0.231 e. The summed E-state index contributed by atoms with van der Waals surface area (Å²) in [6, 6.07) is 12.8. The van der Waals surface area contributed by atoms with Gasteiger partial charge in [0.25, 0.3) is 0 Å². The van der Waals surface area contributed by atoms with Gasteiger partial charge in [-0.3, -0.25) is 0 Å². The Balaban J connectivity index is 1.47. The third kappa shape index (κ3) is 3.47. The van der Waals surface area contributed by atoms with Crippen molar-refractivity contribution in [2.24, 2.45) is 0 Å². The van der Waals surface area contributed by atoms with Gasteiger partial charge in [0.05, 0.1) is 5.75 Å². The average molecular weight is 380 g/mol. The van der Waals surface area contributed by atoms with E-state index in [0.29, 0.717) is 18.1 Å². The monoisotopic (exact) mass is 379 g/mol. The standard InChI is InChI=1S/C18H18ClNO4S/c19-16-4-1-13(2-5-16)11-25(21,22)20-8-7-15(10-20)14-3-6-17-18(9-14)24-12-23-17/h1-6,9,15H,7-8,10-12H2. The Morgan fingerprint density at radius 3 is 2.64 bits per heavy atom. The lowest BCUT2D eigenvalue weighted by Crippen LogP contribution is -2.29. The minimum atomic E-state index is -3.34. The average Bonchev–Trinajstić information content (AvgIpc) is 3.25. The summed E-state index contributed by atoms with van der Waals surface area (Å²) in [5.41, 5.74) is 1.84. The van der Waals surface area contributed by atoms with Gasteiger partial charge in [0.2, 0.25) is 16.8 Å². The highest BCUT2D eigenvalue weighted by Gasteiger charge is 2.32. The minimum Gasteiger partial charge on any atom is -0.454 e. The number of halogens is 1. The third-order valence-electron chi connectivity index (χ3n) is 4.67. The van der Waals surface area contributed by atoms with Crippen LogP contribution in [-0.4, -0.2) is 32.6 Å². The molecular formula is C18H18ClNO4S. The van der Waals surface area contributed by atoms with Crippen LogP contribution in [0.1, 0.15) is 23.5 Å². The fraction of sp³-hybridized carbons (Fsp3) is 0.333. The Morgan fingerprint density at radius 2 is 1.84 bits per heavy atom. The van der Waals surface area contributed by atoms with Gasteiger partial charge in [-0.25, -0.2) is 12.7 Å². The van der Waals surface area contributed by atoms with E-state index in [1.807, 2.05) is 18.2 Å². The number of sulfonamides is 1. The fourth-order valence-electron chi connectivity index (χ4n) is 3.30. The normalized spacial score (nSPS) is 20.1. The molecule has 25 heavy (non-hydrogen) atoms. The highest BCUT2D eigenvalue weighted by molar-refractivity contribution is 7.88. The summed E-state index contributed by atoms with van der Waals surface area (Å²) < 4.78 is 37.7. The van der Waals surface area contributed by atoms with E-state index in [4.69, 9.17) is 21.1 Å². The molecule has 0 bridgehead atoms. The minimum absolute atomic E-state index is 0.00196. The lowest BCUT2D eigenvalue weighted by molar-refractivity contribution is 0.174. The van der Waals surface area contributed by atoms with E-state index in [1.165, 1.54) is 0 Å². The Morgan fingerprint density at radius 1 is 1.08 bits per heavy atom. The van der Waals surface area contributed by atoms with Crippen LogP contribution in [0, 0.1) is 0 Å². The van der Waals surface area contributed by atoms with Crippen LogP contribution in [0.5, 0.6) is 11.5 Å². The summed E-state index contributed by atoms with van der Waals surface area (Å²) in [6.07, 6.45) is 0.805. The molecule has 2 aliphatic rings. The van der Waals surface area contributed by atoms with Crippen LogP contribution >= 0.6 is 11.6 Å².